The zero-order valence-electron chi connectivity index (χ0n) is 14.8. The Hall–Kier alpha value is -1.91. The maximum atomic E-state index is 12.1. The van der Waals surface area contributed by atoms with E-state index in [4.69, 9.17) is 0 Å². The van der Waals surface area contributed by atoms with E-state index in [1.165, 1.54) is 23.3 Å². The van der Waals surface area contributed by atoms with E-state index in [1.54, 1.807) is 6.08 Å². The van der Waals surface area contributed by atoms with Crippen molar-refractivity contribution in [3.05, 3.63) is 63.9 Å². The van der Waals surface area contributed by atoms with Crippen molar-refractivity contribution < 1.29 is 4.79 Å². The second-order valence-corrected chi connectivity index (χ2v) is 7.84. The van der Waals surface area contributed by atoms with Crippen LogP contribution in [0.3, 0.4) is 0 Å². The monoisotopic (exact) mass is 354 g/mol. The molecule has 0 spiro atoms. The van der Waals surface area contributed by atoms with Crippen molar-refractivity contribution in [1.82, 2.24) is 10.2 Å². The number of carbonyl (C=O) groups excluding carboxylic acids is 1. The summed E-state index contributed by atoms with van der Waals surface area (Å²) in [7, 11) is 0. The Bertz CT molecular complexity index is 691. The third-order valence-electron chi connectivity index (χ3n) is 4.63. The minimum Gasteiger partial charge on any atom is -0.352 e. The summed E-state index contributed by atoms with van der Waals surface area (Å²) in [5, 5.41) is 5.20. The van der Waals surface area contributed by atoms with Gasteiger partial charge in [-0.2, -0.15) is 0 Å². The van der Waals surface area contributed by atoms with Gasteiger partial charge in [-0.25, -0.2) is 0 Å². The minimum absolute atomic E-state index is 0.00375. The second kappa shape index (κ2) is 8.97. The lowest BCUT2D eigenvalue weighted by Crippen LogP contribution is -2.40. The summed E-state index contributed by atoms with van der Waals surface area (Å²) in [5.41, 5.74) is 2.28. The maximum Gasteiger partial charge on any atom is 0.244 e. The molecule has 132 valence electrons. The molecule has 3 nitrogen and oxygen atoms in total. The van der Waals surface area contributed by atoms with E-state index in [0.717, 1.165) is 31.7 Å². The Morgan fingerprint density at radius 3 is 2.92 bits per heavy atom. The van der Waals surface area contributed by atoms with Crippen molar-refractivity contribution in [2.24, 2.45) is 5.92 Å². The Balaban J connectivity index is 1.42. The van der Waals surface area contributed by atoms with Crippen molar-refractivity contribution in [1.29, 1.82) is 0 Å². The van der Waals surface area contributed by atoms with E-state index in [-0.39, 0.29) is 5.91 Å². The molecule has 1 aliphatic heterocycles. The zero-order valence-corrected chi connectivity index (χ0v) is 15.6. The molecule has 2 aromatic rings. The topological polar surface area (TPSA) is 32.3 Å². The van der Waals surface area contributed by atoms with Crippen molar-refractivity contribution in [3.8, 4) is 0 Å². The standard InChI is InChI=1S/C21H26N2OS/c1-17-6-8-18(9-7-17)10-11-21(24)22-14-19-4-2-12-23(15-19)16-20-5-3-13-25-20/h3,5-11,13,19H,2,4,12,14-16H2,1H3,(H,22,24)/b11-10+. The largest absolute Gasteiger partial charge is 0.352 e. The number of nitrogens with zero attached hydrogens (tertiary/aromatic N) is 1. The van der Waals surface area contributed by atoms with Gasteiger partial charge in [0.05, 0.1) is 0 Å². The summed E-state index contributed by atoms with van der Waals surface area (Å²) in [6.45, 7) is 6.09. The molecule has 3 rings (SSSR count). The van der Waals surface area contributed by atoms with E-state index in [1.807, 2.05) is 29.5 Å². The van der Waals surface area contributed by atoms with Crippen LogP contribution in [-0.4, -0.2) is 30.4 Å². The number of hydrogen-bond donors (Lipinski definition) is 1. The van der Waals surface area contributed by atoms with Crippen LogP contribution in [0.25, 0.3) is 6.08 Å². The number of nitrogens with one attached hydrogen (secondary N) is 1. The molecule has 2 heterocycles. The van der Waals surface area contributed by atoms with Gasteiger partial charge in [0.25, 0.3) is 0 Å². The van der Waals surface area contributed by atoms with E-state index < -0.39 is 0 Å². The first-order chi connectivity index (χ1) is 12.2. The highest BCUT2D eigenvalue weighted by Crippen LogP contribution is 2.20. The fourth-order valence-corrected chi connectivity index (χ4v) is 3.98. The van der Waals surface area contributed by atoms with Crippen LogP contribution in [0.15, 0.2) is 47.9 Å². The molecular weight excluding hydrogens is 328 g/mol. The van der Waals surface area contributed by atoms with E-state index in [0.29, 0.717) is 5.92 Å². The fraction of sp³-hybridized carbons (Fsp3) is 0.381. The van der Waals surface area contributed by atoms with Crippen LogP contribution in [0, 0.1) is 12.8 Å². The van der Waals surface area contributed by atoms with Crippen molar-refractivity contribution in [2.75, 3.05) is 19.6 Å². The van der Waals surface area contributed by atoms with E-state index in [9.17, 15) is 4.79 Å². The molecule has 1 atom stereocenters. The van der Waals surface area contributed by atoms with E-state index in [2.05, 4.69) is 46.8 Å². The first kappa shape index (κ1) is 17.9. The number of aryl methyl sites for hydroxylation is 1. The average Bonchev–Trinajstić information content (AvgIpc) is 3.13. The number of amides is 1. The van der Waals surface area contributed by atoms with Gasteiger partial charge in [0, 0.05) is 30.6 Å². The first-order valence-electron chi connectivity index (χ1n) is 8.96. The average molecular weight is 355 g/mol. The molecule has 1 fully saturated rings. The lowest BCUT2D eigenvalue weighted by atomic mass is 9.98. The van der Waals surface area contributed by atoms with E-state index >= 15 is 0 Å². The molecule has 25 heavy (non-hydrogen) atoms. The summed E-state index contributed by atoms with van der Waals surface area (Å²) in [4.78, 5) is 16.0. The smallest absolute Gasteiger partial charge is 0.244 e. The molecule has 1 unspecified atom stereocenters. The highest BCUT2D eigenvalue weighted by Gasteiger charge is 2.20. The Labute approximate surface area is 154 Å². The van der Waals surface area contributed by atoms with Gasteiger partial charge in [0.1, 0.15) is 0 Å². The van der Waals surface area contributed by atoms with Gasteiger partial charge < -0.3 is 5.32 Å². The number of piperidine rings is 1. The summed E-state index contributed by atoms with van der Waals surface area (Å²) in [5.74, 6) is 0.543. The molecular formula is C21H26N2OS. The number of benzene rings is 1. The molecule has 1 N–H and O–H groups in total. The van der Waals surface area contributed by atoms with Gasteiger partial charge in [0.2, 0.25) is 5.91 Å². The van der Waals surface area contributed by atoms with Gasteiger partial charge in [-0.15, -0.1) is 11.3 Å². The number of likely N-dealkylation sites (tertiary alicyclic amines) is 1. The number of carbonyl (C=O) groups is 1. The van der Waals surface area contributed by atoms with Crippen LogP contribution >= 0.6 is 11.3 Å². The Kier molecular flexibility index (Phi) is 6.42. The predicted octanol–water partition coefficient (Wildman–Crippen LogP) is 4.10. The van der Waals surface area contributed by atoms with Crippen molar-refractivity contribution >= 4 is 23.3 Å². The third-order valence-corrected chi connectivity index (χ3v) is 5.49. The van der Waals surface area contributed by atoms with Gasteiger partial charge >= 0.3 is 0 Å². The summed E-state index contributed by atoms with van der Waals surface area (Å²) in [6.07, 6.45) is 5.92. The lowest BCUT2D eigenvalue weighted by Gasteiger charge is -2.32. The molecule has 1 saturated heterocycles. The Morgan fingerprint density at radius 1 is 1.32 bits per heavy atom. The predicted molar refractivity (Wildman–Crippen MR) is 106 cm³/mol. The number of rotatable bonds is 6. The first-order valence-corrected chi connectivity index (χ1v) is 9.84. The van der Waals surface area contributed by atoms with Gasteiger partial charge in [-0.1, -0.05) is 35.9 Å². The summed E-state index contributed by atoms with van der Waals surface area (Å²) < 4.78 is 0. The van der Waals surface area contributed by atoms with Crippen LogP contribution in [0.2, 0.25) is 0 Å². The lowest BCUT2D eigenvalue weighted by molar-refractivity contribution is -0.116. The minimum atomic E-state index is -0.00375. The second-order valence-electron chi connectivity index (χ2n) is 6.81. The van der Waals surface area contributed by atoms with Crippen LogP contribution in [0.4, 0.5) is 0 Å². The highest BCUT2D eigenvalue weighted by atomic mass is 32.1. The van der Waals surface area contributed by atoms with Crippen LogP contribution in [0.1, 0.15) is 28.8 Å². The molecule has 4 heteroatoms. The summed E-state index contributed by atoms with van der Waals surface area (Å²) in [6, 6.07) is 12.5. The summed E-state index contributed by atoms with van der Waals surface area (Å²) >= 11 is 1.82. The molecule has 1 aliphatic rings. The maximum absolute atomic E-state index is 12.1. The molecule has 0 bridgehead atoms. The molecule has 0 aliphatic carbocycles. The van der Waals surface area contributed by atoms with Crippen molar-refractivity contribution in [3.63, 3.8) is 0 Å². The Morgan fingerprint density at radius 2 is 2.16 bits per heavy atom. The van der Waals surface area contributed by atoms with Crippen LogP contribution < -0.4 is 5.32 Å². The molecule has 0 radical (unpaired) electrons. The van der Waals surface area contributed by atoms with Crippen LogP contribution in [-0.2, 0) is 11.3 Å². The van der Waals surface area contributed by atoms with Crippen LogP contribution in [0.5, 0.6) is 0 Å². The third kappa shape index (κ3) is 5.83. The molecule has 0 saturated carbocycles. The number of hydrogen-bond acceptors (Lipinski definition) is 3. The fourth-order valence-electron chi connectivity index (χ4n) is 3.24. The van der Waals surface area contributed by atoms with Gasteiger partial charge in [-0.05, 0) is 55.3 Å². The normalized spacial score (nSPS) is 18.5. The number of thiophene rings is 1. The zero-order chi connectivity index (χ0) is 17.5. The molecule has 1 aromatic heterocycles. The van der Waals surface area contributed by atoms with Gasteiger partial charge in [0.15, 0.2) is 0 Å². The van der Waals surface area contributed by atoms with Crippen molar-refractivity contribution in [2.45, 2.75) is 26.3 Å². The van der Waals surface area contributed by atoms with Gasteiger partial charge in [-0.3, -0.25) is 9.69 Å². The highest BCUT2D eigenvalue weighted by molar-refractivity contribution is 7.09. The molecule has 1 aromatic carbocycles. The molecule has 1 amide bonds. The quantitative estimate of drug-likeness (QED) is 0.792. The SMILES string of the molecule is Cc1ccc(/C=C/C(=O)NCC2CCCN(Cc3cccs3)C2)cc1.